The minimum absolute atomic E-state index is 0.145. The summed E-state index contributed by atoms with van der Waals surface area (Å²) in [6.45, 7) is 3.79. The summed E-state index contributed by atoms with van der Waals surface area (Å²) >= 11 is 0. The molecule has 0 radical (unpaired) electrons. The number of hydrogen-bond donors (Lipinski definition) is 0. The third-order valence-electron chi connectivity index (χ3n) is 3.65. The molecule has 3 heteroatoms. The van der Waals surface area contributed by atoms with E-state index >= 15 is 0 Å². The highest BCUT2D eigenvalue weighted by atomic mass is 16.3. The molecule has 0 aliphatic carbocycles. The predicted octanol–water partition coefficient (Wildman–Crippen LogP) is 3.49. The summed E-state index contributed by atoms with van der Waals surface area (Å²) in [5, 5.41) is 0. The topological polar surface area (TPSA) is 33.5 Å². The minimum atomic E-state index is 0.145. The molecular weight excluding hydrogens is 238 g/mol. The second-order valence-corrected chi connectivity index (χ2v) is 5.01. The Morgan fingerprint density at radius 2 is 2.00 bits per heavy atom. The van der Waals surface area contributed by atoms with Gasteiger partial charge < -0.3 is 9.32 Å². The van der Waals surface area contributed by atoms with Gasteiger partial charge in [-0.1, -0.05) is 6.07 Å². The molecular formula is C16H17NO2. The molecule has 0 unspecified atom stereocenters. The van der Waals surface area contributed by atoms with E-state index in [-0.39, 0.29) is 5.91 Å². The molecule has 2 aromatic rings. The van der Waals surface area contributed by atoms with Gasteiger partial charge in [0.25, 0.3) is 5.91 Å². The highest BCUT2D eigenvalue weighted by molar-refractivity contribution is 5.95. The van der Waals surface area contributed by atoms with Crippen molar-refractivity contribution in [1.82, 2.24) is 4.90 Å². The number of carbonyl (C=O) groups excluding carboxylic acids is 1. The molecule has 3 rings (SSSR count). The number of carbonyl (C=O) groups is 1. The molecule has 0 spiro atoms. The molecule has 3 nitrogen and oxygen atoms in total. The van der Waals surface area contributed by atoms with Crippen LogP contribution in [0.25, 0.3) is 11.3 Å². The summed E-state index contributed by atoms with van der Waals surface area (Å²) in [5.74, 6) is 0.990. The van der Waals surface area contributed by atoms with E-state index in [1.165, 1.54) is 0 Å². The van der Waals surface area contributed by atoms with Crippen LogP contribution >= 0.6 is 0 Å². The van der Waals surface area contributed by atoms with Crippen LogP contribution in [-0.4, -0.2) is 23.9 Å². The second-order valence-electron chi connectivity index (χ2n) is 5.01. The van der Waals surface area contributed by atoms with Crippen molar-refractivity contribution in [3.63, 3.8) is 0 Å². The van der Waals surface area contributed by atoms with Gasteiger partial charge in [-0.15, -0.1) is 0 Å². The Morgan fingerprint density at radius 1 is 1.21 bits per heavy atom. The van der Waals surface area contributed by atoms with Gasteiger partial charge in [0.15, 0.2) is 0 Å². The number of furan rings is 1. The largest absolute Gasteiger partial charge is 0.464 e. The summed E-state index contributed by atoms with van der Waals surface area (Å²) in [7, 11) is 0. The lowest BCUT2D eigenvalue weighted by Crippen LogP contribution is -2.27. The van der Waals surface area contributed by atoms with Crippen LogP contribution in [-0.2, 0) is 0 Å². The Balaban J connectivity index is 1.89. The van der Waals surface area contributed by atoms with Crippen LogP contribution in [0.15, 0.2) is 41.0 Å². The van der Waals surface area contributed by atoms with E-state index in [1.54, 1.807) is 6.26 Å². The Morgan fingerprint density at radius 3 is 2.63 bits per heavy atom. The molecule has 0 saturated carbocycles. The summed E-state index contributed by atoms with van der Waals surface area (Å²) < 4.78 is 5.41. The number of likely N-dealkylation sites (tertiary alicyclic amines) is 1. The Hall–Kier alpha value is -2.03. The molecule has 0 atom stereocenters. The minimum Gasteiger partial charge on any atom is -0.464 e. The fourth-order valence-corrected chi connectivity index (χ4v) is 2.61. The lowest BCUT2D eigenvalue weighted by atomic mass is 10.0. The summed E-state index contributed by atoms with van der Waals surface area (Å²) in [4.78, 5) is 14.2. The van der Waals surface area contributed by atoms with Gasteiger partial charge in [0.1, 0.15) is 5.76 Å². The molecule has 1 aliphatic heterocycles. The SMILES string of the molecule is Cc1cc(C(=O)N2CCCC2)ccc1-c1ccco1. The van der Waals surface area contributed by atoms with Gasteiger partial charge >= 0.3 is 0 Å². The van der Waals surface area contributed by atoms with Gasteiger partial charge in [-0.05, 0) is 49.6 Å². The molecule has 0 N–H and O–H groups in total. The highest BCUT2D eigenvalue weighted by Crippen LogP contribution is 2.25. The second kappa shape index (κ2) is 4.92. The molecule has 1 fully saturated rings. The van der Waals surface area contributed by atoms with Crippen molar-refractivity contribution in [3.8, 4) is 11.3 Å². The molecule has 1 saturated heterocycles. The van der Waals surface area contributed by atoms with Crippen LogP contribution in [0.2, 0.25) is 0 Å². The van der Waals surface area contributed by atoms with E-state index in [9.17, 15) is 4.79 Å². The zero-order valence-electron chi connectivity index (χ0n) is 11.1. The molecule has 1 aliphatic rings. The molecule has 98 valence electrons. The Kier molecular flexibility index (Phi) is 3.11. The van der Waals surface area contributed by atoms with Crippen LogP contribution in [0, 0.1) is 6.92 Å². The van der Waals surface area contributed by atoms with Crippen LogP contribution in [0.3, 0.4) is 0 Å². The van der Waals surface area contributed by atoms with E-state index in [1.807, 2.05) is 42.2 Å². The van der Waals surface area contributed by atoms with Crippen molar-refractivity contribution >= 4 is 5.91 Å². The number of benzene rings is 1. The first-order valence-corrected chi connectivity index (χ1v) is 6.69. The first-order valence-electron chi connectivity index (χ1n) is 6.69. The van der Waals surface area contributed by atoms with E-state index in [0.29, 0.717) is 0 Å². The van der Waals surface area contributed by atoms with Crippen molar-refractivity contribution in [2.24, 2.45) is 0 Å². The van der Waals surface area contributed by atoms with Crippen LogP contribution < -0.4 is 0 Å². The first kappa shape index (κ1) is 12.0. The quantitative estimate of drug-likeness (QED) is 0.823. The average molecular weight is 255 g/mol. The van der Waals surface area contributed by atoms with Gasteiger partial charge in [0, 0.05) is 24.2 Å². The number of aryl methyl sites for hydroxylation is 1. The maximum Gasteiger partial charge on any atom is 0.253 e. The van der Waals surface area contributed by atoms with Crippen molar-refractivity contribution in [3.05, 3.63) is 47.7 Å². The lowest BCUT2D eigenvalue weighted by Gasteiger charge is -2.16. The third-order valence-corrected chi connectivity index (χ3v) is 3.65. The Bertz CT molecular complexity index is 581. The van der Waals surface area contributed by atoms with Crippen LogP contribution in [0.4, 0.5) is 0 Å². The van der Waals surface area contributed by atoms with Crippen LogP contribution in [0.1, 0.15) is 28.8 Å². The monoisotopic (exact) mass is 255 g/mol. The zero-order chi connectivity index (χ0) is 13.2. The number of nitrogens with zero attached hydrogens (tertiary/aromatic N) is 1. The maximum absolute atomic E-state index is 12.3. The highest BCUT2D eigenvalue weighted by Gasteiger charge is 2.20. The molecule has 1 aromatic carbocycles. The van der Waals surface area contributed by atoms with Gasteiger partial charge in [0.05, 0.1) is 6.26 Å². The van der Waals surface area contributed by atoms with Gasteiger partial charge in [-0.25, -0.2) is 0 Å². The van der Waals surface area contributed by atoms with Crippen LogP contribution in [0.5, 0.6) is 0 Å². The number of amides is 1. The number of rotatable bonds is 2. The van der Waals surface area contributed by atoms with Gasteiger partial charge in [-0.2, -0.15) is 0 Å². The van der Waals surface area contributed by atoms with E-state index in [4.69, 9.17) is 4.42 Å². The summed E-state index contributed by atoms with van der Waals surface area (Å²) in [5.41, 5.74) is 2.89. The van der Waals surface area contributed by atoms with Crippen molar-refractivity contribution in [1.29, 1.82) is 0 Å². The third kappa shape index (κ3) is 2.28. The molecule has 1 amide bonds. The maximum atomic E-state index is 12.3. The lowest BCUT2D eigenvalue weighted by molar-refractivity contribution is 0.0793. The van der Waals surface area contributed by atoms with E-state index in [2.05, 4.69) is 0 Å². The average Bonchev–Trinajstić information content (AvgIpc) is 3.11. The normalized spacial score (nSPS) is 14.9. The predicted molar refractivity (Wildman–Crippen MR) is 74.0 cm³/mol. The number of hydrogen-bond acceptors (Lipinski definition) is 2. The van der Waals surface area contributed by atoms with Crippen molar-refractivity contribution < 1.29 is 9.21 Å². The van der Waals surface area contributed by atoms with E-state index in [0.717, 1.165) is 48.4 Å². The van der Waals surface area contributed by atoms with Crippen molar-refractivity contribution in [2.45, 2.75) is 19.8 Å². The molecule has 0 bridgehead atoms. The molecule has 1 aromatic heterocycles. The first-order chi connectivity index (χ1) is 9.25. The molecule has 19 heavy (non-hydrogen) atoms. The zero-order valence-corrected chi connectivity index (χ0v) is 11.1. The smallest absolute Gasteiger partial charge is 0.253 e. The van der Waals surface area contributed by atoms with E-state index < -0.39 is 0 Å². The summed E-state index contributed by atoms with van der Waals surface area (Å²) in [6.07, 6.45) is 3.91. The Labute approximate surface area is 112 Å². The fraction of sp³-hybridized carbons (Fsp3) is 0.312. The standard InChI is InChI=1S/C16H17NO2/c1-12-11-13(16(18)17-8-2-3-9-17)6-7-14(12)15-5-4-10-19-15/h4-7,10-11H,2-3,8-9H2,1H3. The molecule has 2 heterocycles. The summed E-state index contributed by atoms with van der Waals surface area (Å²) in [6, 6.07) is 9.63. The van der Waals surface area contributed by atoms with Gasteiger partial charge in [0.2, 0.25) is 0 Å². The van der Waals surface area contributed by atoms with Gasteiger partial charge in [-0.3, -0.25) is 4.79 Å². The fourth-order valence-electron chi connectivity index (χ4n) is 2.61. The van der Waals surface area contributed by atoms with Crippen molar-refractivity contribution in [2.75, 3.05) is 13.1 Å².